The Bertz CT molecular complexity index is 1010. The number of nitro benzene ring substituents is 1. The second-order valence-corrected chi connectivity index (χ2v) is 5.34. The molecule has 2 aromatic carbocycles. The van der Waals surface area contributed by atoms with E-state index in [9.17, 15) is 19.3 Å². The maximum atomic E-state index is 13.8. The number of nitro groups is 1. The van der Waals surface area contributed by atoms with Gasteiger partial charge in [-0.2, -0.15) is 0 Å². The molecule has 8 nitrogen and oxygen atoms in total. The summed E-state index contributed by atoms with van der Waals surface area (Å²) in [5, 5.41) is 11.3. The monoisotopic (exact) mass is 356 g/mol. The highest BCUT2D eigenvalue weighted by atomic mass is 19.1. The van der Waals surface area contributed by atoms with Crippen LogP contribution < -0.4 is 9.47 Å². The molecule has 2 aliphatic heterocycles. The molecule has 2 heterocycles. The minimum atomic E-state index is -0.838. The Hall–Kier alpha value is -3.75. The highest BCUT2D eigenvalue weighted by molar-refractivity contribution is 6.13. The molecular formula is C17H9FN2O6. The van der Waals surface area contributed by atoms with E-state index >= 15 is 0 Å². The fourth-order valence-electron chi connectivity index (χ4n) is 2.53. The molecule has 0 atom stereocenters. The first kappa shape index (κ1) is 15.8. The summed E-state index contributed by atoms with van der Waals surface area (Å²) in [6.07, 6.45) is 1.19. The number of esters is 1. The van der Waals surface area contributed by atoms with Crippen LogP contribution in [0.4, 0.5) is 10.1 Å². The predicted molar refractivity (Wildman–Crippen MR) is 86.2 cm³/mol. The predicted octanol–water partition coefficient (Wildman–Crippen LogP) is 2.81. The lowest BCUT2D eigenvalue weighted by molar-refractivity contribution is -0.385. The van der Waals surface area contributed by atoms with Gasteiger partial charge in [-0.15, -0.1) is 0 Å². The summed E-state index contributed by atoms with van der Waals surface area (Å²) in [6.45, 7) is -0.0514. The van der Waals surface area contributed by atoms with E-state index in [2.05, 4.69) is 4.99 Å². The molecule has 0 spiro atoms. The Morgan fingerprint density at radius 1 is 1.19 bits per heavy atom. The molecule has 0 aromatic heterocycles. The van der Waals surface area contributed by atoms with Crippen LogP contribution in [0.2, 0.25) is 0 Å². The Morgan fingerprint density at radius 3 is 2.65 bits per heavy atom. The molecule has 0 saturated heterocycles. The van der Waals surface area contributed by atoms with Crippen molar-refractivity contribution >= 4 is 23.6 Å². The number of carbonyl (C=O) groups is 1. The van der Waals surface area contributed by atoms with E-state index in [1.54, 1.807) is 6.07 Å². The van der Waals surface area contributed by atoms with Gasteiger partial charge in [0.05, 0.1) is 22.1 Å². The van der Waals surface area contributed by atoms with Crippen molar-refractivity contribution < 1.29 is 28.3 Å². The summed E-state index contributed by atoms with van der Waals surface area (Å²) in [7, 11) is 0. The number of rotatable bonds is 3. The average Bonchev–Trinajstić information content (AvgIpc) is 3.21. The third kappa shape index (κ3) is 2.65. The molecule has 0 amide bonds. The zero-order chi connectivity index (χ0) is 18.3. The summed E-state index contributed by atoms with van der Waals surface area (Å²) in [5.41, 5.74) is -0.372. The minimum absolute atomic E-state index is 0.0180. The fourth-order valence-corrected chi connectivity index (χ4v) is 2.53. The van der Waals surface area contributed by atoms with Gasteiger partial charge in [-0.05, 0) is 24.3 Å². The minimum Gasteiger partial charge on any atom is -0.454 e. The quantitative estimate of drug-likeness (QED) is 0.363. The molecule has 0 fully saturated rings. The van der Waals surface area contributed by atoms with E-state index in [0.717, 1.165) is 0 Å². The third-order valence-corrected chi connectivity index (χ3v) is 3.74. The van der Waals surface area contributed by atoms with E-state index in [1.807, 2.05) is 0 Å². The maximum Gasteiger partial charge on any atom is 0.363 e. The molecule has 0 N–H and O–H groups in total. The lowest BCUT2D eigenvalue weighted by Gasteiger charge is -2.01. The molecule has 2 aromatic rings. The van der Waals surface area contributed by atoms with Crippen molar-refractivity contribution in [2.45, 2.75) is 0 Å². The number of hydrogen-bond donors (Lipinski definition) is 0. The van der Waals surface area contributed by atoms with Crippen LogP contribution in [0.5, 0.6) is 11.5 Å². The van der Waals surface area contributed by atoms with Crippen LogP contribution in [0.25, 0.3) is 6.08 Å². The first-order chi connectivity index (χ1) is 12.5. The molecule has 130 valence electrons. The summed E-state index contributed by atoms with van der Waals surface area (Å²) in [5.74, 6) is -1.09. The van der Waals surface area contributed by atoms with Crippen molar-refractivity contribution in [2.75, 3.05) is 6.79 Å². The van der Waals surface area contributed by atoms with Gasteiger partial charge in [0.15, 0.2) is 17.2 Å². The molecule has 0 bridgehead atoms. The van der Waals surface area contributed by atoms with Crippen LogP contribution in [0.1, 0.15) is 11.1 Å². The number of cyclic esters (lactones) is 1. The smallest absolute Gasteiger partial charge is 0.363 e. The van der Waals surface area contributed by atoms with Gasteiger partial charge in [-0.25, -0.2) is 14.2 Å². The van der Waals surface area contributed by atoms with Gasteiger partial charge in [0.25, 0.3) is 5.69 Å². The van der Waals surface area contributed by atoms with Crippen molar-refractivity contribution in [3.63, 3.8) is 0 Å². The van der Waals surface area contributed by atoms with Gasteiger partial charge >= 0.3 is 5.97 Å². The molecule has 0 aliphatic carbocycles. The van der Waals surface area contributed by atoms with Gasteiger partial charge in [0.1, 0.15) is 5.82 Å². The SMILES string of the molecule is O=C1OC(c2ccccc2F)=N/C1=C\c1cc2c(cc1[N+](=O)[O-])OCO2. The van der Waals surface area contributed by atoms with Crippen molar-refractivity contribution in [3.05, 3.63) is 69.2 Å². The Kier molecular flexibility index (Phi) is 3.61. The van der Waals surface area contributed by atoms with E-state index in [1.165, 1.54) is 36.4 Å². The number of carbonyl (C=O) groups excluding carboxylic acids is 1. The topological polar surface area (TPSA) is 100 Å². The van der Waals surface area contributed by atoms with Crippen LogP contribution in [0.3, 0.4) is 0 Å². The number of benzene rings is 2. The van der Waals surface area contributed by atoms with Crippen LogP contribution in [0, 0.1) is 15.9 Å². The van der Waals surface area contributed by atoms with Gasteiger partial charge in [-0.1, -0.05) is 12.1 Å². The molecular weight excluding hydrogens is 347 g/mol. The van der Waals surface area contributed by atoms with Gasteiger partial charge in [0, 0.05) is 0 Å². The average molecular weight is 356 g/mol. The number of hydrogen-bond acceptors (Lipinski definition) is 7. The van der Waals surface area contributed by atoms with E-state index in [4.69, 9.17) is 14.2 Å². The van der Waals surface area contributed by atoms with Gasteiger partial charge < -0.3 is 14.2 Å². The molecule has 0 radical (unpaired) electrons. The first-order valence-electron chi connectivity index (χ1n) is 7.38. The standard InChI is InChI=1S/C17H9FN2O6/c18-11-4-2-1-3-10(11)16-19-12(17(21)26-16)5-9-6-14-15(25-8-24-14)7-13(9)20(22)23/h1-7H,8H2/b12-5-. The molecule has 4 rings (SSSR count). The zero-order valence-corrected chi connectivity index (χ0v) is 13.0. The van der Waals surface area contributed by atoms with E-state index in [-0.39, 0.29) is 41.0 Å². The van der Waals surface area contributed by atoms with Crippen LogP contribution in [-0.4, -0.2) is 23.6 Å². The number of ether oxygens (including phenoxy) is 3. The summed E-state index contributed by atoms with van der Waals surface area (Å²) < 4.78 is 29.1. The van der Waals surface area contributed by atoms with Crippen molar-refractivity contribution in [3.8, 4) is 11.5 Å². The largest absolute Gasteiger partial charge is 0.454 e. The molecule has 9 heteroatoms. The Morgan fingerprint density at radius 2 is 1.92 bits per heavy atom. The van der Waals surface area contributed by atoms with E-state index in [0.29, 0.717) is 5.75 Å². The summed E-state index contributed by atoms with van der Waals surface area (Å²) in [4.78, 5) is 26.7. The first-order valence-corrected chi connectivity index (χ1v) is 7.38. The van der Waals surface area contributed by atoms with Crippen molar-refractivity contribution in [1.82, 2.24) is 0 Å². The molecule has 0 saturated carbocycles. The Balaban J connectivity index is 1.78. The van der Waals surface area contributed by atoms with Crippen molar-refractivity contribution in [2.24, 2.45) is 4.99 Å². The second-order valence-electron chi connectivity index (χ2n) is 5.34. The lowest BCUT2D eigenvalue weighted by atomic mass is 10.1. The molecule has 0 unspecified atom stereocenters. The Labute approximate surface area is 145 Å². The lowest BCUT2D eigenvalue weighted by Crippen LogP contribution is -2.07. The van der Waals surface area contributed by atoms with Crippen LogP contribution >= 0.6 is 0 Å². The van der Waals surface area contributed by atoms with Gasteiger partial charge in [0.2, 0.25) is 12.7 Å². The van der Waals surface area contributed by atoms with Crippen LogP contribution in [0.15, 0.2) is 47.1 Å². The third-order valence-electron chi connectivity index (χ3n) is 3.74. The number of aliphatic imine (C=N–C) groups is 1. The number of halogens is 1. The van der Waals surface area contributed by atoms with Crippen LogP contribution in [-0.2, 0) is 9.53 Å². The number of fused-ring (bicyclic) bond motifs is 1. The second kappa shape index (κ2) is 5.96. The summed E-state index contributed by atoms with van der Waals surface area (Å²) >= 11 is 0. The fraction of sp³-hybridized carbons (Fsp3) is 0.0588. The number of nitrogens with zero attached hydrogens (tertiary/aromatic N) is 2. The highest BCUT2D eigenvalue weighted by Crippen LogP contribution is 2.39. The van der Waals surface area contributed by atoms with Crippen molar-refractivity contribution in [1.29, 1.82) is 0 Å². The van der Waals surface area contributed by atoms with E-state index < -0.39 is 16.7 Å². The zero-order valence-electron chi connectivity index (χ0n) is 13.0. The summed E-state index contributed by atoms with van der Waals surface area (Å²) in [6, 6.07) is 8.25. The maximum absolute atomic E-state index is 13.8. The van der Waals surface area contributed by atoms with Gasteiger partial charge in [-0.3, -0.25) is 10.1 Å². The highest BCUT2D eigenvalue weighted by Gasteiger charge is 2.28. The normalized spacial score (nSPS) is 16.6. The molecule has 2 aliphatic rings. The molecule has 26 heavy (non-hydrogen) atoms.